The van der Waals surface area contributed by atoms with E-state index in [0.29, 0.717) is 16.4 Å². The summed E-state index contributed by atoms with van der Waals surface area (Å²) in [6, 6.07) is 18.6. The lowest BCUT2D eigenvalue weighted by molar-refractivity contribution is -0.118. The zero-order valence-corrected chi connectivity index (χ0v) is 20.2. The van der Waals surface area contributed by atoms with E-state index in [1.165, 1.54) is 11.3 Å². The highest BCUT2D eigenvalue weighted by Crippen LogP contribution is 2.34. The summed E-state index contributed by atoms with van der Waals surface area (Å²) in [6.07, 6.45) is 1.56. The van der Waals surface area contributed by atoms with Crippen LogP contribution in [-0.4, -0.2) is 30.0 Å². The van der Waals surface area contributed by atoms with E-state index in [4.69, 9.17) is 4.98 Å². The van der Waals surface area contributed by atoms with E-state index >= 15 is 0 Å². The first-order chi connectivity index (χ1) is 15.8. The van der Waals surface area contributed by atoms with Gasteiger partial charge in [0.1, 0.15) is 0 Å². The van der Waals surface area contributed by atoms with E-state index < -0.39 is 9.84 Å². The fourth-order valence-electron chi connectivity index (χ4n) is 3.56. The van der Waals surface area contributed by atoms with Crippen molar-refractivity contribution < 1.29 is 13.2 Å². The van der Waals surface area contributed by atoms with Gasteiger partial charge in [-0.3, -0.25) is 14.7 Å². The molecule has 170 valence electrons. The second-order valence-corrected chi connectivity index (χ2v) is 11.2. The Kier molecular flexibility index (Phi) is 6.85. The molecule has 8 heteroatoms. The average molecular weight is 480 g/mol. The maximum Gasteiger partial charge on any atom is 0.230 e. The minimum absolute atomic E-state index is 0.0825. The summed E-state index contributed by atoms with van der Waals surface area (Å²) in [5.41, 5.74) is 4.42. The smallest absolute Gasteiger partial charge is 0.230 e. The molecule has 0 atom stereocenters. The summed E-state index contributed by atoms with van der Waals surface area (Å²) in [6.45, 7) is 4.24. The first kappa shape index (κ1) is 23.1. The first-order valence-electron chi connectivity index (χ1n) is 10.6. The molecule has 0 unspecified atom stereocenters. The summed E-state index contributed by atoms with van der Waals surface area (Å²) in [5.74, 6) is -0.588. The molecule has 4 rings (SSSR count). The third-order valence-electron chi connectivity index (χ3n) is 5.37. The number of thiazole rings is 1. The van der Waals surface area contributed by atoms with Crippen LogP contribution in [0.5, 0.6) is 0 Å². The largest absolute Gasteiger partial charge is 0.282 e. The molecular formula is C25H25N3O3S2. The molecule has 2 heterocycles. The summed E-state index contributed by atoms with van der Waals surface area (Å²) >= 11 is 1.45. The fourth-order valence-corrected chi connectivity index (χ4v) is 6.02. The van der Waals surface area contributed by atoms with Gasteiger partial charge in [0.05, 0.1) is 34.0 Å². The second-order valence-electron chi connectivity index (χ2n) is 8.00. The standard InChI is InChI=1S/C25H25N3O3S2/c1-18-11-12-19(2)24-23(18)27-25(32-24)28(16-21-10-6-7-14-26-21)22(29)13-15-33(30,31)17-20-8-4-3-5-9-20/h3-12,14H,13,15-17H2,1-2H3. The third-order valence-corrected chi connectivity index (χ3v) is 8.18. The van der Waals surface area contributed by atoms with Crippen LogP contribution in [0.2, 0.25) is 0 Å². The number of nitrogens with zero attached hydrogens (tertiary/aromatic N) is 3. The van der Waals surface area contributed by atoms with E-state index in [2.05, 4.69) is 4.98 Å². The number of aryl methyl sites for hydroxylation is 2. The topological polar surface area (TPSA) is 80.2 Å². The number of carbonyl (C=O) groups excluding carboxylic acids is 1. The zero-order valence-electron chi connectivity index (χ0n) is 18.6. The lowest BCUT2D eigenvalue weighted by Crippen LogP contribution is -2.32. The molecule has 2 aromatic carbocycles. The van der Waals surface area contributed by atoms with Crippen molar-refractivity contribution in [3.63, 3.8) is 0 Å². The van der Waals surface area contributed by atoms with Gasteiger partial charge in [-0.05, 0) is 42.7 Å². The van der Waals surface area contributed by atoms with Crippen LogP contribution in [0.3, 0.4) is 0 Å². The van der Waals surface area contributed by atoms with Crippen molar-refractivity contribution in [1.82, 2.24) is 9.97 Å². The second kappa shape index (κ2) is 9.80. The molecule has 0 saturated carbocycles. The minimum Gasteiger partial charge on any atom is -0.282 e. The van der Waals surface area contributed by atoms with Gasteiger partial charge in [-0.15, -0.1) is 0 Å². The predicted molar refractivity (Wildman–Crippen MR) is 133 cm³/mol. The first-order valence-corrected chi connectivity index (χ1v) is 13.3. The van der Waals surface area contributed by atoms with Gasteiger partial charge in [-0.25, -0.2) is 13.4 Å². The van der Waals surface area contributed by atoms with Gasteiger partial charge in [0.25, 0.3) is 0 Å². The number of hydrogen-bond acceptors (Lipinski definition) is 6. The number of pyridine rings is 1. The molecule has 0 fully saturated rings. The van der Waals surface area contributed by atoms with Crippen LogP contribution in [0.25, 0.3) is 10.2 Å². The quantitative estimate of drug-likeness (QED) is 0.361. The van der Waals surface area contributed by atoms with Gasteiger partial charge in [0.2, 0.25) is 5.91 Å². The van der Waals surface area contributed by atoms with Crippen LogP contribution in [0, 0.1) is 13.8 Å². The fraction of sp³-hybridized carbons (Fsp3) is 0.240. The molecule has 0 bridgehead atoms. The number of rotatable bonds is 8. The summed E-state index contributed by atoms with van der Waals surface area (Å²) in [5, 5.41) is 0.554. The molecule has 0 saturated heterocycles. The van der Waals surface area contributed by atoms with E-state index in [1.54, 1.807) is 23.2 Å². The van der Waals surface area contributed by atoms with Gasteiger partial charge in [0, 0.05) is 12.6 Å². The Balaban J connectivity index is 1.59. The maximum atomic E-state index is 13.3. The molecule has 2 aromatic heterocycles. The number of aromatic nitrogens is 2. The van der Waals surface area contributed by atoms with Crippen molar-refractivity contribution in [2.45, 2.75) is 32.6 Å². The molecule has 4 aromatic rings. The van der Waals surface area contributed by atoms with Crippen LogP contribution in [0.15, 0.2) is 66.9 Å². The molecule has 0 N–H and O–H groups in total. The molecule has 0 aliphatic rings. The summed E-state index contributed by atoms with van der Waals surface area (Å²) < 4.78 is 26.3. The Morgan fingerprint density at radius 1 is 0.970 bits per heavy atom. The third kappa shape index (κ3) is 5.64. The SMILES string of the molecule is Cc1ccc(C)c2sc(N(Cc3ccccn3)C(=O)CCS(=O)(=O)Cc3ccccc3)nc12. The molecular weight excluding hydrogens is 454 g/mol. The normalized spacial score (nSPS) is 11.6. The average Bonchev–Trinajstić information content (AvgIpc) is 3.26. The summed E-state index contributed by atoms with van der Waals surface area (Å²) in [7, 11) is -3.44. The Bertz CT molecular complexity index is 1330. The van der Waals surface area contributed by atoms with Crippen molar-refractivity contribution in [2.24, 2.45) is 0 Å². The number of carbonyl (C=O) groups is 1. The molecule has 0 spiro atoms. The molecule has 0 aliphatic carbocycles. The van der Waals surface area contributed by atoms with Crippen LogP contribution in [-0.2, 0) is 26.9 Å². The van der Waals surface area contributed by atoms with Crippen LogP contribution >= 0.6 is 11.3 Å². The Hall–Kier alpha value is -3.10. The summed E-state index contributed by atoms with van der Waals surface area (Å²) in [4.78, 5) is 23.9. The van der Waals surface area contributed by atoms with E-state index in [1.807, 2.05) is 62.4 Å². The number of hydrogen-bond donors (Lipinski definition) is 0. The van der Waals surface area contributed by atoms with Crippen LogP contribution in [0.1, 0.15) is 28.8 Å². The van der Waals surface area contributed by atoms with Crippen molar-refractivity contribution in [2.75, 3.05) is 10.7 Å². The van der Waals surface area contributed by atoms with Crippen molar-refractivity contribution in [3.8, 4) is 0 Å². The van der Waals surface area contributed by atoms with E-state index in [0.717, 1.165) is 21.3 Å². The van der Waals surface area contributed by atoms with Gasteiger partial charge >= 0.3 is 0 Å². The maximum absolute atomic E-state index is 13.3. The lowest BCUT2D eigenvalue weighted by atomic mass is 10.1. The van der Waals surface area contributed by atoms with Crippen molar-refractivity contribution in [3.05, 3.63) is 89.2 Å². The molecule has 33 heavy (non-hydrogen) atoms. The van der Waals surface area contributed by atoms with Crippen LogP contribution in [0.4, 0.5) is 5.13 Å². The highest BCUT2D eigenvalue weighted by Gasteiger charge is 2.24. The number of benzene rings is 2. The number of anilines is 1. The van der Waals surface area contributed by atoms with Crippen molar-refractivity contribution in [1.29, 1.82) is 0 Å². The van der Waals surface area contributed by atoms with Gasteiger partial charge in [-0.2, -0.15) is 0 Å². The minimum atomic E-state index is -3.44. The number of fused-ring (bicyclic) bond motifs is 1. The Labute approximate surface area is 197 Å². The van der Waals surface area contributed by atoms with Crippen molar-refractivity contribution >= 4 is 42.4 Å². The van der Waals surface area contributed by atoms with E-state index in [-0.39, 0.29) is 30.4 Å². The highest BCUT2D eigenvalue weighted by molar-refractivity contribution is 7.90. The molecule has 0 radical (unpaired) electrons. The Morgan fingerprint density at radius 2 is 1.70 bits per heavy atom. The van der Waals surface area contributed by atoms with Gasteiger partial charge < -0.3 is 0 Å². The Morgan fingerprint density at radius 3 is 2.39 bits per heavy atom. The van der Waals surface area contributed by atoms with E-state index in [9.17, 15) is 13.2 Å². The van der Waals surface area contributed by atoms with Gasteiger partial charge in [0.15, 0.2) is 15.0 Å². The highest BCUT2D eigenvalue weighted by atomic mass is 32.2. The molecule has 1 amide bonds. The predicted octanol–water partition coefficient (Wildman–Crippen LogP) is 4.85. The van der Waals surface area contributed by atoms with Crippen LogP contribution < -0.4 is 4.90 Å². The lowest BCUT2D eigenvalue weighted by Gasteiger charge is -2.19. The van der Waals surface area contributed by atoms with Gasteiger partial charge in [-0.1, -0.05) is 59.9 Å². The monoisotopic (exact) mass is 479 g/mol. The molecule has 6 nitrogen and oxygen atoms in total. The molecule has 0 aliphatic heterocycles. The number of amides is 1. The zero-order chi connectivity index (χ0) is 23.4. The number of sulfone groups is 1.